The molecule has 0 aliphatic carbocycles. The van der Waals surface area contributed by atoms with Crippen molar-refractivity contribution in [3.63, 3.8) is 0 Å². The number of ketones is 1. The van der Waals surface area contributed by atoms with Crippen molar-refractivity contribution < 1.29 is 18.4 Å². The smallest absolute Gasteiger partial charge is 0.273 e. The van der Waals surface area contributed by atoms with Gasteiger partial charge in [0.25, 0.3) is 11.8 Å². The molecule has 4 rings (SSSR count). The first-order valence-electron chi connectivity index (χ1n) is 9.90. The number of hydrogen-bond donors (Lipinski definition) is 0. The number of hydrazone groups is 1. The summed E-state index contributed by atoms with van der Waals surface area (Å²) in [6.45, 7) is 3.02. The fourth-order valence-corrected chi connectivity index (χ4v) is 3.64. The van der Waals surface area contributed by atoms with Crippen molar-refractivity contribution in [1.29, 1.82) is 0 Å². The van der Waals surface area contributed by atoms with Gasteiger partial charge in [-0.25, -0.2) is 8.78 Å². The van der Waals surface area contributed by atoms with Crippen molar-refractivity contribution >= 4 is 34.0 Å². The molecule has 158 valence electrons. The number of carbonyl (C=O) groups is 2. The van der Waals surface area contributed by atoms with Gasteiger partial charge in [0.2, 0.25) is 0 Å². The van der Waals surface area contributed by atoms with Crippen LogP contribution in [-0.2, 0) is 21.9 Å². The first kappa shape index (κ1) is 20.7. The second-order valence-electron chi connectivity index (χ2n) is 7.50. The number of benzene rings is 2. The topological polar surface area (TPSA) is 75.5 Å². The molecular weight excluding hydrogens is 402 g/mol. The quantitative estimate of drug-likeness (QED) is 0.556. The van der Waals surface area contributed by atoms with Crippen molar-refractivity contribution in [2.45, 2.75) is 32.6 Å². The van der Waals surface area contributed by atoms with Crippen LogP contribution < -0.4 is 5.01 Å². The molecule has 1 aliphatic rings. The maximum atomic E-state index is 14.0. The van der Waals surface area contributed by atoms with Crippen LogP contribution >= 0.6 is 0 Å². The van der Waals surface area contributed by atoms with E-state index in [1.54, 1.807) is 43.5 Å². The zero-order valence-corrected chi connectivity index (χ0v) is 17.0. The molecule has 0 radical (unpaired) electrons. The van der Waals surface area contributed by atoms with Crippen molar-refractivity contribution in [2.75, 3.05) is 5.01 Å². The molecule has 8 heteroatoms. The van der Waals surface area contributed by atoms with Crippen LogP contribution in [0.15, 0.2) is 59.8 Å². The van der Waals surface area contributed by atoms with E-state index >= 15 is 0 Å². The zero-order valence-electron chi connectivity index (χ0n) is 17.0. The van der Waals surface area contributed by atoms with Gasteiger partial charge in [-0.2, -0.15) is 20.3 Å². The van der Waals surface area contributed by atoms with Gasteiger partial charge in [-0.05, 0) is 36.8 Å². The summed E-state index contributed by atoms with van der Waals surface area (Å²) in [7, 11) is 0. The van der Waals surface area contributed by atoms with Crippen molar-refractivity contribution in [2.24, 2.45) is 11.0 Å². The van der Waals surface area contributed by atoms with E-state index in [4.69, 9.17) is 0 Å². The van der Waals surface area contributed by atoms with Crippen molar-refractivity contribution in [3.05, 3.63) is 65.9 Å². The Kier molecular flexibility index (Phi) is 5.31. The third kappa shape index (κ3) is 3.93. The molecule has 0 saturated carbocycles. The monoisotopic (exact) mass is 422 g/mol. The number of anilines is 1. The van der Waals surface area contributed by atoms with Crippen LogP contribution in [0.1, 0.15) is 31.4 Å². The molecule has 0 spiro atoms. The third-order valence-corrected chi connectivity index (χ3v) is 5.37. The maximum Gasteiger partial charge on any atom is 0.273 e. The van der Waals surface area contributed by atoms with E-state index in [0.29, 0.717) is 22.5 Å². The van der Waals surface area contributed by atoms with Crippen LogP contribution in [0.25, 0.3) is 10.9 Å². The molecule has 0 saturated heterocycles. The summed E-state index contributed by atoms with van der Waals surface area (Å²) in [5.74, 6) is -4.87. The van der Waals surface area contributed by atoms with E-state index in [1.165, 1.54) is 30.1 Å². The van der Waals surface area contributed by atoms with Gasteiger partial charge < -0.3 is 0 Å². The molecule has 1 aromatic heterocycles. The Morgan fingerprint density at radius 2 is 1.97 bits per heavy atom. The average molecular weight is 422 g/mol. The Morgan fingerprint density at radius 1 is 1.16 bits per heavy atom. The van der Waals surface area contributed by atoms with E-state index in [-0.39, 0.29) is 24.2 Å². The van der Waals surface area contributed by atoms with E-state index in [9.17, 15) is 18.4 Å². The van der Waals surface area contributed by atoms with Gasteiger partial charge >= 0.3 is 0 Å². The standard InChI is InChI=1S/C23H20F2N4O2/c1-3-23(24,25)17-6-4-5-15(11-17)12-20(30)21-14(2)28-29(22(21)31)18-8-7-16-9-10-26-27-19(16)13-18/h4-11,13,21H,3,12H2,1-2H3. The summed E-state index contributed by atoms with van der Waals surface area (Å²) in [5.41, 5.74) is 1.75. The summed E-state index contributed by atoms with van der Waals surface area (Å²) >= 11 is 0. The molecule has 2 aromatic carbocycles. The highest BCUT2D eigenvalue weighted by molar-refractivity contribution is 6.27. The van der Waals surface area contributed by atoms with E-state index in [2.05, 4.69) is 15.3 Å². The summed E-state index contributed by atoms with van der Waals surface area (Å²) in [6.07, 6.45) is 1.11. The minimum absolute atomic E-state index is 0.131. The number of nitrogens with zero attached hydrogens (tertiary/aromatic N) is 4. The molecule has 2 heterocycles. The number of hydrogen-bond acceptors (Lipinski definition) is 5. The van der Waals surface area contributed by atoms with Gasteiger partial charge in [-0.3, -0.25) is 9.59 Å². The summed E-state index contributed by atoms with van der Waals surface area (Å²) in [5, 5.41) is 14.2. The van der Waals surface area contributed by atoms with Gasteiger partial charge in [0.15, 0.2) is 5.78 Å². The second-order valence-corrected chi connectivity index (χ2v) is 7.50. The van der Waals surface area contributed by atoms with Crippen LogP contribution in [0.2, 0.25) is 0 Å². The van der Waals surface area contributed by atoms with Crippen LogP contribution in [-0.4, -0.2) is 27.6 Å². The second kappa shape index (κ2) is 7.94. The SMILES string of the molecule is CCC(F)(F)c1cccc(CC(=O)C2C(=O)N(c3ccc4ccnnc4c3)N=C2C)c1. The fourth-order valence-electron chi connectivity index (χ4n) is 3.64. The van der Waals surface area contributed by atoms with E-state index < -0.39 is 17.7 Å². The van der Waals surface area contributed by atoms with Gasteiger partial charge in [-0.1, -0.05) is 31.2 Å². The fraction of sp³-hybridized carbons (Fsp3) is 0.261. The van der Waals surface area contributed by atoms with E-state index in [1.807, 2.05) is 0 Å². The number of Topliss-reactive ketones (excluding diaryl/α,β-unsaturated/α-hetero) is 1. The number of carbonyl (C=O) groups excluding carboxylic acids is 2. The molecule has 31 heavy (non-hydrogen) atoms. The highest BCUT2D eigenvalue weighted by Gasteiger charge is 2.39. The molecule has 0 bridgehead atoms. The Balaban J connectivity index is 1.55. The predicted molar refractivity (Wildman–Crippen MR) is 113 cm³/mol. The number of alkyl halides is 2. The van der Waals surface area contributed by atoms with Crippen LogP contribution in [0.5, 0.6) is 0 Å². The largest absolute Gasteiger partial charge is 0.298 e. The van der Waals surface area contributed by atoms with Gasteiger partial charge in [0.05, 0.1) is 23.1 Å². The van der Waals surface area contributed by atoms with Crippen molar-refractivity contribution in [3.8, 4) is 0 Å². The molecule has 1 amide bonds. The lowest BCUT2D eigenvalue weighted by Crippen LogP contribution is -2.33. The van der Waals surface area contributed by atoms with Crippen molar-refractivity contribution in [1.82, 2.24) is 10.2 Å². The number of aromatic nitrogens is 2. The molecule has 1 atom stereocenters. The Morgan fingerprint density at radius 3 is 2.74 bits per heavy atom. The normalized spacial score (nSPS) is 16.6. The van der Waals surface area contributed by atoms with Gasteiger partial charge in [-0.15, -0.1) is 0 Å². The van der Waals surface area contributed by atoms with Gasteiger partial charge in [0, 0.05) is 23.8 Å². The Bertz CT molecular complexity index is 1210. The number of rotatable bonds is 6. The summed E-state index contributed by atoms with van der Waals surface area (Å²) in [4.78, 5) is 25.9. The molecule has 3 aromatic rings. The lowest BCUT2D eigenvalue weighted by atomic mass is 9.92. The van der Waals surface area contributed by atoms with Crippen LogP contribution in [0, 0.1) is 5.92 Å². The first-order valence-corrected chi connectivity index (χ1v) is 9.90. The molecular formula is C23H20F2N4O2. The lowest BCUT2D eigenvalue weighted by molar-refractivity contribution is -0.128. The van der Waals surface area contributed by atoms with Crippen LogP contribution in [0.3, 0.4) is 0 Å². The van der Waals surface area contributed by atoms with E-state index in [0.717, 1.165) is 5.39 Å². The third-order valence-electron chi connectivity index (χ3n) is 5.37. The molecule has 6 nitrogen and oxygen atoms in total. The lowest BCUT2D eigenvalue weighted by Gasteiger charge is -2.16. The Hall–Kier alpha value is -3.55. The van der Waals surface area contributed by atoms with Crippen LogP contribution in [0.4, 0.5) is 14.5 Å². The first-order chi connectivity index (χ1) is 14.8. The highest BCUT2D eigenvalue weighted by Crippen LogP contribution is 2.32. The minimum atomic E-state index is -2.96. The molecule has 0 fully saturated rings. The zero-order chi connectivity index (χ0) is 22.2. The predicted octanol–water partition coefficient (Wildman–Crippen LogP) is 4.28. The summed E-state index contributed by atoms with van der Waals surface area (Å²) in [6, 6.07) is 12.8. The summed E-state index contributed by atoms with van der Waals surface area (Å²) < 4.78 is 28.0. The van der Waals surface area contributed by atoms with Gasteiger partial charge in [0.1, 0.15) is 5.92 Å². The minimum Gasteiger partial charge on any atom is -0.298 e. The number of fused-ring (bicyclic) bond motifs is 1. The number of halogens is 2. The maximum absolute atomic E-state index is 14.0. The molecule has 0 N–H and O–H groups in total. The average Bonchev–Trinajstić information content (AvgIpc) is 3.07. The Labute approximate surface area is 177 Å². The molecule has 1 aliphatic heterocycles. The molecule has 1 unspecified atom stereocenters. The highest BCUT2D eigenvalue weighted by atomic mass is 19.3. The number of amides is 1.